The van der Waals surface area contributed by atoms with Crippen LogP contribution in [0.15, 0.2) is 42.6 Å². The Labute approximate surface area is 136 Å². The molecule has 1 amide bonds. The number of amides is 1. The third kappa shape index (κ3) is 3.28. The maximum absolute atomic E-state index is 12.6. The largest absolute Gasteiger partial charge is 0.505 e. The van der Waals surface area contributed by atoms with Crippen LogP contribution in [0.2, 0.25) is 0 Å². The fourth-order valence-electron chi connectivity index (χ4n) is 2.99. The summed E-state index contributed by atoms with van der Waals surface area (Å²) in [7, 11) is 0. The highest BCUT2D eigenvalue weighted by atomic mass is 16.3. The van der Waals surface area contributed by atoms with E-state index in [1.165, 1.54) is 23.5 Å². The molecule has 1 saturated heterocycles. The first-order chi connectivity index (χ1) is 11.2. The standard InChI is InChI=1S/C18H21N3O2/c1-14-6-2-3-7-15(14)20-10-5-11-21(13-12-20)18(23)17-16(22)8-4-9-19-17/h2-4,6-9,22H,5,10-13H2,1H3. The van der Waals surface area contributed by atoms with Crippen LogP contribution in [-0.4, -0.2) is 47.1 Å². The van der Waals surface area contributed by atoms with Gasteiger partial charge in [-0.05, 0) is 37.1 Å². The van der Waals surface area contributed by atoms with E-state index in [-0.39, 0.29) is 17.4 Å². The molecular weight excluding hydrogens is 290 g/mol. The number of rotatable bonds is 2. The Hall–Kier alpha value is -2.56. The number of anilines is 1. The summed E-state index contributed by atoms with van der Waals surface area (Å²) in [5.74, 6) is -0.257. The summed E-state index contributed by atoms with van der Waals surface area (Å²) in [4.78, 5) is 20.7. The molecular formula is C18H21N3O2. The number of aromatic nitrogens is 1. The lowest BCUT2D eigenvalue weighted by atomic mass is 10.2. The summed E-state index contributed by atoms with van der Waals surface area (Å²) < 4.78 is 0. The monoisotopic (exact) mass is 311 g/mol. The van der Waals surface area contributed by atoms with Gasteiger partial charge < -0.3 is 14.9 Å². The summed E-state index contributed by atoms with van der Waals surface area (Å²) in [5.41, 5.74) is 2.61. The van der Waals surface area contributed by atoms with E-state index in [0.29, 0.717) is 13.1 Å². The minimum atomic E-state index is -0.199. The van der Waals surface area contributed by atoms with Crippen LogP contribution in [0.4, 0.5) is 5.69 Å². The molecule has 5 nitrogen and oxygen atoms in total. The smallest absolute Gasteiger partial charge is 0.276 e. The highest BCUT2D eigenvalue weighted by Crippen LogP contribution is 2.22. The molecule has 0 atom stereocenters. The van der Waals surface area contributed by atoms with Crippen molar-refractivity contribution in [3.05, 3.63) is 53.9 Å². The fraction of sp³-hybridized carbons (Fsp3) is 0.333. The van der Waals surface area contributed by atoms with E-state index in [4.69, 9.17) is 0 Å². The van der Waals surface area contributed by atoms with Crippen LogP contribution in [0, 0.1) is 6.92 Å². The quantitative estimate of drug-likeness (QED) is 0.925. The summed E-state index contributed by atoms with van der Waals surface area (Å²) in [6, 6.07) is 11.4. The van der Waals surface area contributed by atoms with Crippen molar-refractivity contribution in [1.82, 2.24) is 9.88 Å². The Kier molecular flexibility index (Phi) is 4.46. The van der Waals surface area contributed by atoms with Crippen molar-refractivity contribution >= 4 is 11.6 Å². The van der Waals surface area contributed by atoms with Gasteiger partial charge in [0.2, 0.25) is 0 Å². The Morgan fingerprint density at radius 3 is 2.70 bits per heavy atom. The molecule has 2 heterocycles. The molecule has 1 N–H and O–H groups in total. The number of pyridine rings is 1. The molecule has 0 radical (unpaired) electrons. The zero-order valence-corrected chi connectivity index (χ0v) is 13.3. The zero-order chi connectivity index (χ0) is 16.2. The van der Waals surface area contributed by atoms with Crippen molar-refractivity contribution in [3.63, 3.8) is 0 Å². The van der Waals surface area contributed by atoms with Crippen molar-refractivity contribution in [3.8, 4) is 5.75 Å². The summed E-state index contributed by atoms with van der Waals surface area (Å²) in [5, 5.41) is 9.83. The van der Waals surface area contributed by atoms with Gasteiger partial charge in [-0.3, -0.25) is 4.79 Å². The normalized spacial score (nSPS) is 15.3. The Morgan fingerprint density at radius 2 is 1.91 bits per heavy atom. The Morgan fingerprint density at radius 1 is 1.09 bits per heavy atom. The summed E-state index contributed by atoms with van der Waals surface area (Å²) in [6.07, 6.45) is 2.43. The van der Waals surface area contributed by atoms with E-state index in [9.17, 15) is 9.90 Å². The minimum Gasteiger partial charge on any atom is -0.505 e. The first-order valence-corrected chi connectivity index (χ1v) is 7.90. The van der Waals surface area contributed by atoms with Crippen LogP contribution in [0.3, 0.4) is 0 Å². The van der Waals surface area contributed by atoms with Crippen LogP contribution in [0.1, 0.15) is 22.5 Å². The molecule has 2 aromatic rings. The molecule has 0 unspecified atom stereocenters. The fourth-order valence-corrected chi connectivity index (χ4v) is 2.99. The number of para-hydroxylation sites is 1. The molecule has 5 heteroatoms. The molecule has 0 aliphatic carbocycles. The van der Waals surface area contributed by atoms with Crippen LogP contribution in [-0.2, 0) is 0 Å². The number of hydrogen-bond donors (Lipinski definition) is 1. The molecule has 0 spiro atoms. The van der Waals surface area contributed by atoms with Gasteiger partial charge in [0, 0.05) is 38.1 Å². The average Bonchev–Trinajstić information content (AvgIpc) is 2.81. The van der Waals surface area contributed by atoms with Crippen LogP contribution in [0.25, 0.3) is 0 Å². The van der Waals surface area contributed by atoms with E-state index in [1.807, 2.05) is 12.1 Å². The van der Waals surface area contributed by atoms with Crippen molar-refractivity contribution in [2.24, 2.45) is 0 Å². The number of aromatic hydroxyl groups is 1. The van der Waals surface area contributed by atoms with Crippen molar-refractivity contribution < 1.29 is 9.90 Å². The first kappa shape index (κ1) is 15.3. The first-order valence-electron chi connectivity index (χ1n) is 7.90. The summed E-state index contributed by atoms with van der Waals surface area (Å²) >= 11 is 0. The predicted octanol–water partition coefficient (Wildman–Crippen LogP) is 2.45. The zero-order valence-electron chi connectivity index (χ0n) is 13.3. The van der Waals surface area contributed by atoms with Gasteiger partial charge in [0.25, 0.3) is 5.91 Å². The van der Waals surface area contributed by atoms with Gasteiger partial charge in [0.05, 0.1) is 0 Å². The average molecular weight is 311 g/mol. The number of hydrogen-bond acceptors (Lipinski definition) is 4. The highest BCUT2D eigenvalue weighted by Gasteiger charge is 2.23. The van der Waals surface area contributed by atoms with E-state index in [0.717, 1.165) is 19.5 Å². The molecule has 0 bridgehead atoms. The van der Waals surface area contributed by atoms with E-state index >= 15 is 0 Å². The lowest BCUT2D eigenvalue weighted by Gasteiger charge is -2.25. The number of carbonyl (C=O) groups is 1. The van der Waals surface area contributed by atoms with Crippen molar-refractivity contribution in [2.75, 3.05) is 31.1 Å². The molecule has 0 saturated carbocycles. The van der Waals surface area contributed by atoms with Crippen molar-refractivity contribution in [2.45, 2.75) is 13.3 Å². The second-order valence-corrected chi connectivity index (χ2v) is 5.79. The van der Waals surface area contributed by atoms with Gasteiger partial charge in [0.1, 0.15) is 5.75 Å². The molecule has 1 aliphatic heterocycles. The van der Waals surface area contributed by atoms with Gasteiger partial charge in [-0.25, -0.2) is 4.98 Å². The van der Waals surface area contributed by atoms with E-state index in [1.54, 1.807) is 11.0 Å². The van der Waals surface area contributed by atoms with Crippen LogP contribution in [0.5, 0.6) is 5.75 Å². The molecule has 3 rings (SSSR count). The third-order valence-electron chi connectivity index (χ3n) is 4.23. The molecule has 120 valence electrons. The van der Waals surface area contributed by atoms with Gasteiger partial charge in [-0.2, -0.15) is 0 Å². The maximum Gasteiger partial charge on any atom is 0.276 e. The second-order valence-electron chi connectivity index (χ2n) is 5.79. The molecule has 1 aromatic heterocycles. The molecule has 23 heavy (non-hydrogen) atoms. The lowest BCUT2D eigenvalue weighted by Crippen LogP contribution is -2.35. The topological polar surface area (TPSA) is 56.7 Å². The van der Waals surface area contributed by atoms with Crippen molar-refractivity contribution in [1.29, 1.82) is 0 Å². The highest BCUT2D eigenvalue weighted by molar-refractivity contribution is 5.94. The molecule has 1 aliphatic rings. The molecule has 1 aromatic carbocycles. The Balaban J connectivity index is 1.73. The number of benzene rings is 1. The number of carbonyl (C=O) groups excluding carboxylic acids is 1. The minimum absolute atomic E-state index is 0.0579. The maximum atomic E-state index is 12.6. The SMILES string of the molecule is Cc1ccccc1N1CCCN(C(=O)c2ncccc2O)CC1. The third-order valence-corrected chi connectivity index (χ3v) is 4.23. The summed E-state index contributed by atoms with van der Waals surface area (Å²) in [6.45, 7) is 5.11. The van der Waals surface area contributed by atoms with E-state index < -0.39 is 0 Å². The Bertz CT molecular complexity index is 702. The van der Waals surface area contributed by atoms with Crippen LogP contribution < -0.4 is 4.90 Å². The van der Waals surface area contributed by atoms with Gasteiger partial charge in [0.15, 0.2) is 5.69 Å². The lowest BCUT2D eigenvalue weighted by molar-refractivity contribution is 0.0758. The number of aryl methyl sites for hydroxylation is 1. The second kappa shape index (κ2) is 6.69. The van der Waals surface area contributed by atoms with Gasteiger partial charge in [-0.1, -0.05) is 18.2 Å². The predicted molar refractivity (Wildman–Crippen MR) is 89.8 cm³/mol. The molecule has 1 fully saturated rings. The van der Waals surface area contributed by atoms with Crippen LogP contribution >= 0.6 is 0 Å². The van der Waals surface area contributed by atoms with E-state index in [2.05, 4.69) is 28.9 Å². The van der Waals surface area contributed by atoms with Gasteiger partial charge in [-0.15, -0.1) is 0 Å². The van der Waals surface area contributed by atoms with Gasteiger partial charge >= 0.3 is 0 Å². The number of nitrogens with zero attached hydrogens (tertiary/aromatic N) is 3.